The number of nitrogens with zero attached hydrogens (tertiary/aromatic N) is 4. The molecule has 1 fully saturated rings. The Morgan fingerprint density at radius 1 is 0.881 bits per heavy atom. The van der Waals surface area contributed by atoms with Gasteiger partial charge >= 0.3 is 0 Å². The van der Waals surface area contributed by atoms with Crippen LogP contribution in [-0.2, 0) is 4.79 Å². The summed E-state index contributed by atoms with van der Waals surface area (Å²) < 4.78 is 6.04. The highest BCUT2D eigenvalue weighted by molar-refractivity contribution is 6.08. The molecule has 4 aromatic rings. The summed E-state index contributed by atoms with van der Waals surface area (Å²) in [5.41, 5.74) is 6.78. The van der Waals surface area contributed by atoms with Gasteiger partial charge in [0.2, 0.25) is 0 Å². The Bertz CT molecular complexity index is 1640. The van der Waals surface area contributed by atoms with Crippen LogP contribution < -0.4 is 14.5 Å². The number of anilines is 2. The summed E-state index contributed by atoms with van der Waals surface area (Å²) in [5, 5.41) is 8.97. The van der Waals surface area contributed by atoms with Gasteiger partial charge in [-0.05, 0) is 89.2 Å². The van der Waals surface area contributed by atoms with Gasteiger partial charge in [-0.15, -0.1) is 0 Å². The largest absolute Gasteiger partial charge is 0.484 e. The fourth-order valence-corrected chi connectivity index (χ4v) is 6.05. The van der Waals surface area contributed by atoms with Gasteiger partial charge in [-0.1, -0.05) is 54.6 Å². The van der Waals surface area contributed by atoms with E-state index >= 15 is 0 Å². The number of hydrogen-bond acceptors (Lipinski definition) is 5. The first kappa shape index (κ1) is 27.6. The first-order valence-corrected chi connectivity index (χ1v) is 14.6. The standard InChI is InChI=1S/C36H38N4O2/c1-38(2)30-17-12-25(13-18-30)22-29-10-7-11-33-35(29)37-40(36(33)27-14-19-31(20-15-27)39(3)4)34(41)24-42-32-21-16-26-8-5-6-9-28(26)23-32/h5-6,8-9,12-23,33,36H,7,10-11,24H2,1-4H3/b29-22-/t33-,36+/m0/s1. The summed E-state index contributed by atoms with van der Waals surface area (Å²) in [6, 6.07) is 31.0. The van der Waals surface area contributed by atoms with Gasteiger partial charge in [0.15, 0.2) is 6.61 Å². The van der Waals surface area contributed by atoms with E-state index in [-0.39, 0.29) is 24.5 Å². The summed E-state index contributed by atoms with van der Waals surface area (Å²) >= 11 is 0. The smallest absolute Gasteiger partial charge is 0.281 e. The van der Waals surface area contributed by atoms with Gasteiger partial charge in [0, 0.05) is 45.5 Å². The molecule has 1 heterocycles. The maximum absolute atomic E-state index is 13.8. The monoisotopic (exact) mass is 558 g/mol. The van der Waals surface area contributed by atoms with Crippen LogP contribution >= 0.6 is 0 Å². The number of ether oxygens (including phenoxy) is 1. The number of benzene rings is 4. The Kier molecular flexibility index (Phi) is 7.70. The van der Waals surface area contributed by atoms with Crippen molar-refractivity contribution in [2.45, 2.75) is 25.3 Å². The van der Waals surface area contributed by atoms with Crippen molar-refractivity contribution in [2.24, 2.45) is 11.0 Å². The minimum Gasteiger partial charge on any atom is -0.484 e. The van der Waals surface area contributed by atoms with Crippen molar-refractivity contribution in [1.29, 1.82) is 0 Å². The topological polar surface area (TPSA) is 48.4 Å². The molecule has 0 bridgehead atoms. The number of rotatable bonds is 7. The molecular weight excluding hydrogens is 520 g/mol. The highest BCUT2D eigenvalue weighted by Crippen LogP contribution is 2.44. The summed E-state index contributed by atoms with van der Waals surface area (Å²) in [4.78, 5) is 18.0. The molecule has 1 amide bonds. The molecule has 2 atom stereocenters. The Labute approximate surface area is 248 Å². The van der Waals surface area contributed by atoms with Crippen molar-refractivity contribution >= 4 is 39.8 Å². The van der Waals surface area contributed by atoms with E-state index in [1.807, 2.05) is 58.5 Å². The zero-order valence-electron chi connectivity index (χ0n) is 24.8. The maximum Gasteiger partial charge on any atom is 0.281 e. The molecular formula is C36H38N4O2. The quantitative estimate of drug-likeness (QED) is 0.241. The molecule has 4 aromatic carbocycles. The van der Waals surface area contributed by atoms with E-state index in [4.69, 9.17) is 9.84 Å². The van der Waals surface area contributed by atoms with Gasteiger partial charge in [-0.25, -0.2) is 5.01 Å². The van der Waals surface area contributed by atoms with Crippen LogP contribution in [0.1, 0.15) is 36.4 Å². The van der Waals surface area contributed by atoms with E-state index in [0.29, 0.717) is 5.75 Å². The summed E-state index contributed by atoms with van der Waals surface area (Å²) in [7, 11) is 8.17. The van der Waals surface area contributed by atoms with Crippen LogP contribution in [0.25, 0.3) is 16.8 Å². The lowest BCUT2D eigenvalue weighted by Crippen LogP contribution is -2.34. The molecule has 0 unspecified atom stereocenters. The van der Waals surface area contributed by atoms with Crippen LogP contribution in [0, 0.1) is 5.92 Å². The molecule has 214 valence electrons. The normalized spacial score (nSPS) is 19.0. The van der Waals surface area contributed by atoms with Crippen molar-refractivity contribution in [2.75, 3.05) is 44.6 Å². The van der Waals surface area contributed by atoms with Gasteiger partial charge in [-0.2, -0.15) is 5.10 Å². The molecule has 1 saturated carbocycles. The van der Waals surface area contributed by atoms with Gasteiger partial charge in [0.1, 0.15) is 5.75 Å². The molecule has 0 aromatic heterocycles. The van der Waals surface area contributed by atoms with Gasteiger partial charge in [-0.3, -0.25) is 4.79 Å². The number of amides is 1. The summed E-state index contributed by atoms with van der Waals surface area (Å²) in [6.45, 7) is -0.0703. The first-order valence-electron chi connectivity index (χ1n) is 14.6. The molecule has 1 aliphatic carbocycles. The number of allylic oxidation sites excluding steroid dienone is 1. The average Bonchev–Trinajstić information content (AvgIpc) is 3.41. The molecule has 0 saturated heterocycles. The highest BCUT2D eigenvalue weighted by Gasteiger charge is 2.43. The fraction of sp³-hybridized carbons (Fsp3) is 0.278. The Hall–Kier alpha value is -4.58. The van der Waals surface area contributed by atoms with E-state index in [9.17, 15) is 4.79 Å². The van der Waals surface area contributed by atoms with E-state index in [2.05, 4.69) is 76.5 Å². The molecule has 6 nitrogen and oxygen atoms in total. The van der Waals surface area contributed by atoms with E-state index in [1.54, 1.807) is 5.01 Å². The van der Waals surface area contributed by atoms with Crippen molar-refractivity contribution in [3.8, 4) is 5.75 Å². The third kappa shape index (κ3) is 5.62. The van der Waals surface area contributed by atoms with Crippen LogP contribution in [0.5, 0.6) is 5.75 Å². The Morgan fingerprint density at radius 2 is 1.55 bits per heavy atom. The molecule has 6 rings (SSSR count). The SMILES string of the molecule is CN(C)c1ccc(/C=C2/CCC[C@H]3C2=NN(C(=O)COc2ccc4ccccc4c2)[C@@H]3c2ccc(N(C)C)cc2)cc1. The number of carbonyl (C=O) groups excluding carboxylic acids is 1. The minimum atomic E-state index is -0.163. The predicted octanol–water partition coefficient (Wildman–Crippen LogP) is 7.17. The van der Waals surface area contributed by atoms with Crippen molar-refractivity contribution in [3.05, 3.63) is 108 Å². The van der Waals surface area contributed by atoms with Crippen LogP contribution in [0.4, 0.5) is 11.4 Å². The zero-order valence-corrected chi connectivity index (χ0v) is 24.8. The molecule has 0 N–H and O–H groups in total. The van der Waals surface area contributed by atoms with Crippen molar-refractivity contribution in [1.82, 2.24) is 5.01 Å². The first-order chi connectivity index (χ1) is 20.4. The molecule has 1 aliphatic heterocycles. The molecule has 42 heavy (non-hydrogen) atoms. The highest BCUT2D eigenvalue weighted by atomic mass is 16.5. The third-order valence-corrected chi connectivity index (χ3v) is 8.34. The zero-order chi connectivity index (χ0) is 29.2. The summed E-state index contributed by atoms with van der Waals surface area (Å²) in [5.74, 6) is 0.683. The molecule has 0 spiro atoms. The number of hydrogen-bond donors (Lipinski definition) is 0. The second-order valence-electron chi connectivity index (χ2n) is 11.6. The second-order valence-corrected chi connectivity index (χ2v) is 11.6. The number of hydrazone groups is 1. The lowest BCUT2D eigenvalue weighted by Gasteiger charge is -2.30. The van der Waals surface area contributed by atoms with Crippen LogP contribution in [0.3, 0.4) is 0 Å². The minimum absolute atomic E-state index is 0.0703. The molecule has 0 radical (unpaired) electrons. The average molecular weight is 559 g/mol. The van der Waals surface area contributed by atoms with Crippen LogP contribution in [0.2, 0.25) is 0 Å². The predicted molar refractivity (Wildman–Crippen MR) is 173 cm³/mol. The molecule has 2 aliphatic rings. The summed E-state index contributed by atoms with van der Waals surface area (Å²) in [6.07, 6.45) is 5.25. The van der Waals surface area contributed by atoms with E-state index < -0.39 is 0 Å². The number of fused-ring (bicyclic) bond motifs is 2. The van der Waals surface area contributed by atoms with Crippen LogP contribution in [-0.4, -0.2) is 51.4 Å². The van der Waals surface area contributed by atoms with Gasteiger partial charge < -0.3 is 14.5 Å². The fourth-order valence-electron chi connectivity index (χ4n) is 6.05. The lowest BCUT2D eigenvalue weighted by molar-refractivity contribution is -0.135. The Morgan fingerprint density at radius 3 is 2.24 bits per heavy atom. The van der Waals surface area contributed by atoms with Crippen molar-refractivity contribution in [3.63, 3.8) is 0 Å². The molecule has 6 heteroatoms. The van der Waals surface area contributed by atoms with E-state index in [0.717, 1.165) is 52.6 Å². The third-order valence-electron chi connectivity index (χ3n) is 8.34. The number of carbonyl (C=O) groups is 1. The van der Waals surface area contributed by atoms with Gasteiger partial charge in [0.25, 0.3) is 5.91 Å². The second kappa shape index (κ2) is 11.7. The van der Waals surface area contributed by atoms with Crippen LogP contribution in [0.15, 0.2) is 102 Å². The Balaban J connectivity index is 1.30. The van der Waals surface area contributed by atoms with Gasteiger partial charge in [0.05, 0.1) is 11.8 Å². The van der Waals surface area contributed by atoms with Crippen molar-refractivity contribution < 1.29 is 9.53 Å². The van der Waals surface area contributed by atoms with E-state index in [1.165, 1.54) is 11.3 Å². The lowest BCUT2D eigenvalue weighted by atomic mass is 9.77. The maximum atomic E-state index is 13.8.